The monoisotopic (exact) mass is 364 g/mol. The number of nitrogens with zero attached hydrogens (tertiary/aromatic N) is 2. The summed E-state index contributed by atoms with van der Waals surface area (Å²) in [6.07, 6.45) is 0. The van der Waals surface area contributed by atoms with Gasteiger partial charge in [-0.3, -0.25) is 14.5 Å². The molecule has 0 saturated carbocycles. The number of carbonyl (C=O) groups is 3. The highest BCUT2D eigenvalue weighted by molar-refractivity contribution is 6.23. The lowest BCUT2D eigenvalue weighted by Gasteiger charge is -2.19. The maximum absolute atomic E-state index is 12.6. The quantitative estimate of drug-likeness (QED) is 0.814. The van der Waals surface area contributed by atoms with Gasteiger partial charge in [0, 0.05) is 13.1 Å². The number of hydrogen-bond donors (Lipinski definition) is 2. The minimum atomic E-state index is -0.579. The van der Waals surface area contributed by atoms with Crippen molar-refractivity contribution in [2.45, 2.75) is 26.1 Å². The van der Waals surface area contributed by atoms with E-state index >= 15 is 0 Å². The van der Waals surface area contributed by atoms with Crippen molar-refractivity contribution in [3.8, 4) is 0 Å². The van der Waals surface area contributed by atoms with Crippen LogP contribution in [0.15, 0.2) is 48.5 Å². The van der Waals surface area contributed by atoms with E-state index in [0.29, 0.717) is 11.4 Å². The molecule has 0 spiro atoms. The number of carbonyl (C=O) groups excluding carboxylic acids is 3. The molecule has 2 N–H and O–H groups in total. The molecule has 1 saturated heterocycles. The number of urea groups is 1. The van der Waals surface area contributed by atoms with Crippen LogP contribution in [0.3, 0.4) is 0 Å². The molecule has 1 fully saturated rings. The first kappa shape index (κ1) is 17.2. The van der Waals surface area contributed by atoms with Gasteiger partial charge in [0.1, 0.15) is 6.04 Å². The summed E-state index contributed by atoms with van der Waals surface area (Å²) < 4.78 is 0. The van der Waals surface area contributed by atoms with Gasteiger partial charge in [-0.05, 0) is 30.2 Å². The van der Waals surface area contributed by atoms with Crippen molar-refractivity contribution in [1.29, 1.82) is 0 Å². The summed E-state index contributed by atoms with van der Waals surface area (Å²) in [6, 6.07) is 13.9. The number of fused-ring (bicyclic) bond motifs is 1. The lowest BCUT2D eigenvalue weighted by atomic mass is 10.1. The number of benzene rings is 2. The van der Waals surface area contributed by atoms with Crippen LogP contribution in [-0.2, 0) is 22.7 Å². The average Bonchev–Trinajstić information content (AvgIpc) is 3.15. The summed E-state index contributed by atoms with van der Waals surface area (Å²) in [5.74, 6) is -0.521. The maximum atomic E-state index is 12.6. The first-order valence-corrected chi connectivity index (χ1v) is 8.85. The van der Waals surface area contributed by atoms with Crippen molar-refractivity contribution in [3.63, 3.8) is 0 Å². The van der Waals surface area contributed by atoms with Gasteiger partial charge in [-0.1, -0.05) is 36.4 Å². The van der Waals surface area contributed by atoms with E-state index in [4.69, 9.17) is 0 Å². The Kier molecular flexibility index (Phi) is 4.37. The van der Waals surface area contributed by atoms with E-state index in [1.54, 1.807) is 31.2 Å². The highest BCUT2D eigenvalue weighted by atomic mass is 16.2. The average molecular weight is 364 g/mol. The third-order valence-corrected chi connectivity index (χ3v) is 4.83. The highest BCUT2D eigenvalue weighted by Gasteiger charge is 2.37. The molecular weight excluding hydrogens is 344 g/mol. The van der Waals surface area contributed by atoms with E-state index in [-0.39, 0.29) is 18.4 Å². The van der Waals surface area contributed by atoms with E-state index in [1.807, 2.05) is 12.1 Å². The molecule has 1 unspecified atom stereocenters. The Hall–Kier alpha value is -3.19. The smallest absolute Gasteiger partial charge is 0.326 e. The Morgan fingerprint density at radius 2 is 1.70 bits per heavy atom. The SMILES string of the molecule is CC1NC(=O)N(c2ccccc2NC(=O)CN2Cc3ccccc3C2)C1=O. The van der Waals surface area contributed by atoms with Crippen molar-refractivity contribution < 1.29 is 14.4 Å². The van der Waals surface area contributed by atoms with Crippen LogP contribution in [0.25, 0.3) is 0 Å². The number of imide groups is 1. The van der Waals surface area contributed by atoms with E-state index in [9.17, 15) is 14.4 Å². The summed E-state index contributed by atoms with van der Waals surface area (Å²) in [5.41, 5.74) is 3.29. The van der Waals surface area contributed by atoms with Crippen molar-refractivity contribution in [3.05, 3.63) is 59.7 Å². The molecule has 0 bridgehead atoms. The van der Waals surface area contributed by atoms with Gasteiger partial charge in [0.25, 0.3) is 5.91 Å². The van der Waals surface area contributed by atoms with Crippen molar-refractivity contribution >= 4 is 29.2 Å². The predicted octanol–water partition coefficient (Wildman–Crippen LogP) is 2.09. The topological polar surface area (TPSA) is 81.8 Å². The van der Waals surface area contributed by atoms with E-state index in [1.165, 1.54) is 11.1 Å². The molecular formula is C20H20N4O3. The lowest BCUT2D eigenvalue weighted by molar-refractivity contribution is -0.118. The molecule has 2 aromatic carbocycles. The zero-order chi connectivity index (χ0) is 19.0. The molecule has 2 aromatic rings. The summed E-state index contributed by atoms with van der Waals surface area (Å²) in [5, 5.41) is 5.42. The Balaban J connectivity index is 1.47. The lowest BCUT2D eigenvalue weighted by Crippen LogP contribution is -2.33. The van der Waals surface area contributed by atoms with Gasteiger partial charge in [-0.25, -0.2) is 9.69 Å². The summed E-state index contributed by atoms with van der Waals surface area (Å²) in [4.78, 5) is 40.1. The van der Waals surface area contributed by atoms with Crippen LogP contribution in [0.5, 0.6) is 0 Å². The number of rotatable bonds is 4. The third-order valence-electron chi connectivity index (χ3n) is 4.83. The highest BCUT2D eigenvalue weighted by Crippen LogP contribution is 2.29. The summed E-state index contributed by atoms with van der Waals surface area (Å²) in [7, 11) is 0. The zero-order valence-electron chi connectivity index (χ0n) is 14.9. The van der Waals surface area contributed by atoms with Crippen molar-refractivity contribution in [1.82, 2.24) is 10.2 Å². The fourth-order valence-electron chi connectivity index (χ4n) is 3.52. The van der Waals surface area contributed by atoms with Gasteiger partial charge in [0.05, 0.1) is 17.9 Å². The number of nitrogens with one attached hydrogen (secondary N) is 2. The molecule has 7 heteroatoms. The van der Waals surface area contributed by atoms with Gasteiger partial charge in [-0.15, -0.1) is 0 Å². The zero-order valence-corrected chi connectivity index (χ0v) is 14.9. The molecule has 4 amide bonds. The van der Waals surface area contributed by atoms with Crippen LogP contribution >= 0.6 is 0 Å². The van der Waals surface area contributed by atoms with Gasteiger partial charge in [0.15, 0.2) is 0 Å². The molecule has 0 aliphatic carbocycles. The van der Waals surface area contributed by atoms with Gasteiger partial charge >= 0.3 is 6.03 Å². The van der Waals surface area contributed by atoms with Crippen LogP contribution < -0.4 is 15.5 Å². The van der Waals surface area contributed by atoms with E-state index in [2.05, 4.69) is 27.7 Å². The van der Waals surface area contributed by atoms with E-state index < -0.39 is 12.1 Å². The fraction of sp³-hybridized carbons (Fsp3) is 0.250. The maximum Gasteiger partial charge on any atom is 0.329 e. The first-order valence-electron chi connectivity index (χ1n) is 8.85. The van der Waals surface area contributed by atoms with Crippen molar-refractivity contribution in [2.75, 3.05) is 16.8 Å². The summed E-state index contributed by atoms with van der Waals surface area (Å²) in [6.45, 7) is 3.33. The molecule has 2 heterocycles. The molecule has 0 radical (unpaired) electrons. The Morgan fingerprint density at radius 3 is 2.33 bits per heavy atom. The molecule has 4 rings (SSSR count). The number of para-hydroxylation sites is 2. The molecule has 0 aromatic heterocycles. The normalized spacial score (nSPS) is 19.1. The molecule has 2 aliphatic heterocycles. The standard InChI is InChI=1S/C20H20N4O3/c1-13-19(26)24(20(27)21-13)17-9-5-4-8-16(17)22-18(25)12-23-10-14-6-2-3-7-15(14)11-23/h2-9,13H,10-12H2,1H3,(H,21,27)(H,22,25). The molecule has 1 atom stereocenters. The summed E-state index contributed by atoms with van der Waals surface area (Å²) >= 11 is 0. The number of hydrogen-bond acceptors (Lipinski definition) is 4. The Morgan fingerprint density at radius 1 is 1.07 bits per heavy atom. The minimum absolute atomic E-state index is 0.185. The fourth-order valence-corrected chi connectivity index (χ4v) is 3.52. The van der Waals surface area contributed by atoms with Gasteiger partial charge in [0.2, 0.25) is 5.91 Å². The van der Waals surface area contributed by atoms with Crippen LogP contribution in [0, 0.1) is 0 Å². The van der Waals surface area contributed by atoms with Crippen molar-refractivity contribution in [2.24, 2.45) is 0 Å². The molecule has 138 valence electrons. The molecule has 27 heavy (non-hydrogen) atoms. The molecule has 2 aliphatic rings. The van der Waals surface area contributed by atoms with E-state index in [0.717, 1.165) is 18.0 Å². The second-order valence-electron chi connectivity index (χ2n) is 6.82. The number of anilines is 2. The number of amides is 4. The molecule has 7 nitrogen and oxygen atoms in total. The predicted molar refractivity (Wildman–Crippen MR) is 101 cm³/mol. The van der Waals surface area contributed by atoms with Crippen LogP contribution in [0.1, 0.15) is 18.1 Å². The van der Waals surface area contributed by atoms with Crippen LogP contribution in [0.2, 0.25) is 0 Å². The Bertz CT molecular complexity index is 902. The second kappa shape index (κ2) is 6.85. The van der Waals surface area contributed by atoms with Crippen LogP contribution in [-0.4, -0.2) is 35.3 Å². The van der Waals surface area contributed by atoms with Gasteiger partial charge < -0.3 is 10.6 Å². The largest absolute Gasteiger partial charge is 0.329 e. The van der Waals surface area contributed by atoms with Gasteiger partial charge in [-0.2, -0.15) is 0 Å². The second-order valence-corrected chi connectivity index (χ2v) is 6.82. The first-order chi connectivity index (χ1) is 13.0. The third kappa shape index (κ3) is 3.29. The Labute approximate surface area is 157 Å². The van der Waals surface area contributed by atoms with Crippen LogP contribution in [0.4, 0.5) is 16.2 Å². The minimum Gasteiger partial charge on any atom is -0.326 e.